The molecule has 2 aromatic rings. The molecule has 0 N–H and O–H groups in total. The predicted molar refractivity (Wildman–Crippen MR) is 64.6 cm³/mol. The van der Waals surface area contributed by atoms with E-state index in [2.05, 4.69) is 21.1 Å². The molecule has 0 aliphatic rings. The largest absolute Gasteiger partial charge is 0.356 e. The average Bonchev–Trinajstić information content (AvgIpc) is 2.70. The number of rotatable bonds is 2. The maximum atomic E-state index is 6.03. The van der Waals surface area contributed by atoms with E-state index < -0.39 is 0 Å². The minimum Gasteiger partial charge on any atom is -0.356 e. The zero-order chi connectivity index (χ0) is 10.8. The number of benzene rings is 1. The molecule has 0 atom stereocenters. The Morgan fingerprint density at radius 3 is 2.73 bits per heavy atom. The van der Waals surface area contributed by atoms with Gasteiger partial charge in [0.2, 0.25) is 0 Å². The van der Waals surface area contributed by atoms with Crippen molar-refractivity contribution in [3.05, 3.63) is 40.0 Å². The third-order valence-electron chi connectivity index (χ3n) is 1.89. The van der Waals surface area contributed by atoms with Gasteiger partial charge in [0.1, 0.15) is 0 Å². The summed E-state index contributed by atoms with van der Waals surface area (Å²) < 4.78 is 5.15. The van der Waals surface area contributed by atoms with E-state index in [9.17, 15) is 0 Å². The highest BCUT2D eigenvalue weighted by Crippen LogP contribution is 2.31. The van der Waals surface area contributed by atoms with E-state index in [-0.39, 0.29) is 0 Å². The van der Waals surface area contributed by atoms with E-state index in [1.165, 1.54) is 0 Å². The van der Waals surface area contributed by atoms with Crippen molar-refractivity contribution in [1.82, 2.24) is 5.16 Å². The van der Waals surface area contributed by atoms with Crippen molar-refractivity contribution in [3.8, 4) is 11.3 Å². The Morgan fingerprint density at radius 2 is 2.07 bits per heavy atom. The van der Waals surface area contributed by atoms with Gasteiger partial charge in [0.05, 0.1) is 10.7 Å². The molecular weight excluding hydrogens is 301 g/mol. The number of hydrogen-bond donors (Lipinski definition) is 0. The van der Waals surface area contributed by atoms with Crippen LogP contribution in [0.5, 0.6) is 0 Å². The van der Waals surface area contributed by atoms with Gasteiger partial charge in [-0.3, -0.25) is 0 Å². The standard InChI is InChI=1S/C10H6BrCl2NO/c11-5-7-4-10(15-14-7)8-3-6(12)1-2-9(8)13/h1-4H,5H2. The molecular formula is C10H6BrCl2NO. The van der Waals surface area contributed by atoms with Crippen molar-refractivity contribution in [2.75, 3.05) is 0 Å². The number of hydrogen-bond acceptors (Lipinski definition) is 2. The van der Waals surface area contributed by atoms with E-state index in [1.54, 1.807) is 18.2 Å². The van der Waals surface area contributed by atoms with Crippen molar-refractivity contribution in [3.63, 3.8) is 0 Å². The molecule has 78 valence electrons. The summed E-state index contributed by atoms with van der Waals surface area (Å²) in [6.45, 7) is 0. The van der Waals surface area contributed by atoms with Crippen LogP contribution in [0.2, 0.25) is 10.0 Å². The first kappa shape index (κ1) is 11.0. The monoisotopic (exact) mass is 305 g/mol. The summed E-state index contributed by atoms with van der Waals surface area (Å²) in [5, 5.41) is 5.72. The highest BCUT2D eigenvalue weighted by Gasteiger charge is 2.10. The molecule has 0 amide bonds. The van der Waals surface area contributed by atoms with Gasteiger partial charge in [-0.05, 0) is 18.2 Å². The van der Waals surface area contributed by atoms with Crippen LogP contribution in [0.3, 0.4) is 0 Å². The minimum atomic E-state index is 0.594. The molecule has 2 nitrogen and oxygen atoms in total. The Hall–Kier alpha value is -0.510. The Kier molecular flexibility index (Phi) is 3.34. The van der Waals surface area contributed by atoms with Crippen molar-refractivity contribution >= 4 is 39.1 Å². The summed E-state index contributed by atoms with van der Waals surface area (Å²) in [5.41, 5.74) is 1.57. The van der Waals surface area contributed by atoms with Crippen LogP contribution in [0, 0.1) is 0 Å². The van der Waals surface area contributed by atoms with Crippen LogP contribution in [0.1, 0.15) is 5.69 Å². The highest BCUT2D eigenvalue weighted by molar-refractivity contribution is 9.08. The summed E-state index contributed by atoms with van der Waals surface area (Å²) in [6.07, 6.45) is 0. The molecule has 0 spiro atoms. The van der Waals surface area contributed by atoms with Crippen LogP contribution in [-0.2, 0) is 5.33 Å². The fourth-order valence-corrected chi connectivity index (χ4v) is 1.84. The van der Waals surface area contributed by atoms with Gasteiger partial charge >= 0.3 is 0 Å². The van der Waals surface area contributed by atoms with Crippen LogP contribution in [0.25, 0.3) is 11.3 Å². The highest BCUT2D eigenvalue weighted by atomic mass is 79.9. The molecule has 0 bridgehead atoms. The van der Waals surface area contributed by atoms with Crippen LogP contribution < -0.4 is 0 Å². The minimum absolute atomic E-state index is 0.594. The molecule has 2 rings (SSSR count). The van der Waals surface area contributed by atoms with Crippen molar-refractivity contribution in [2.45, 2.75) is 5.33 Å². The molecule has 0 saturated carbocycles. The molecule has 1 aromatic carbocycles. The maximum absolute atomic E-state index is 6.03. The van der Waals surface area contributed by atoms with Crippen LogP contribution in [-0.4, -0.2) is 5.16 Å². The van der Waals surface area contributed by atoms with E-state index in [0.29, 0.717) is 21.1 Å². The van der Waals surface area contributed by atoms with E-state index >= 15 is 0 Å². The fraction of sp³-hybridized carbons (Fsp3) is 0.100. The topological polar surface area (TPSA) is 26.0 Å². The summed E-state index contributed by atoms with van der Waals surface area (Å²) in [7, 11) is 0. The van der Waals surface area contributed by atoms with Gasteiger partial charge in [-0.1, -0.05) is 44.3 Å². The van der Waals surface area contributed by atoms with Gasteiger partial charge in [-0.25, -0.2) is 0 Å². The molecule has 1 heterocycles. The molecule has 0 unspecified atom stereocenters. The third-order valence-corrected chi connectivity index (χ3v) is 3.03. The Labute approximate surface area is 105 Å². The lowest BCUT2D eigenvalue weighted by Gasteiger charge is -1.99. The number of nitrogens with zero attached hydrogens (tertiary/aromatic N) is 1. The summed E-state index contributed by atoms with van der Waals surface area (Å²) >= 11 is 15.2. The molecule has 0 fully saturated rings. The third kappa shape index (κ3) is 2.36. The first-order valence-electron chi connectivity index (χ1n) is 4.17. The van der Waals surface area contributed by atoms with Gasteiger partial charge in [0.25, 0.3) is 0 Å². The van der Waals surface area contributed by atoms with Gasteiger partial charge in [-0.15, -0.1) is 0 Å². The first-order chi connectivity index (χ1) is 7.20. The van der Waals surface area contributed by atoms with Crippen LogP contribution in [0.4, 0.5) is 0 Å². The maximum Gasteiger partial charge on any atom is 0.168 e. The van der Waals surface area contributed by atoms with Crippen molar-refractivity contribution < 1.29 is 4.52 Å². The molecule has 1 aromatic heterocycles. The van der Waals surface area contributed by atoms with Gasteiger partial charge < -0.3 is 4.52 Å². The molecule has 0 aliphatic carbocycles. The lowest BCUT2D eigenvalue weighted by molar-refractivity contribution is 0.426. The van der Waals surface area contributed by atoms with Gasteiger partial charge in [0, 0.05) is 22.0 Å². The zero-order valence-electron chi connectivity index (χ0n) is 7.51. The SMILES string of the molecule is Clc1ccc(Cl)c(-c2cc(CBr)no2)c1. The van der Waals surface area contributed by atoms with Crippen molar-refractivity contribution in [1.29, 1.82) is 0 Å². The normalized spacial score (nSPS) is 10.6. The summed E-state index contributed by atoms with van der Waals surface area (Å²) in [6, 6.07) is 7.04. The first-order valence-corrected chi connectivity index (χ1v) is 6.05. The smallest absolute Gasteiger partial charge is 0.168 e. The molecule has 15 heavy (non-hydrogen) atoms. The Morgan fingerprint density at radius 1 is 1.27 bits per heavy atom. The van der Waals surface area contributed by atoms with Gasteiger partial charge in [-0.2, -0.15) is 0 Å². The molecule has 0 aliphatic heterocycles. The quantitative estimate of drug-likeness (QED) is 0.761. The number of halogens is 3. The molecule has 0 saturated heterocycles. The average molecular weight is 307 g/mol. The van der Waals surface area contributed by atoms with Crippen LogP contribution in [0.15, 0.2) is 28.8 Å². The fourth-order valence-electron chi connectivity index (χ4n) is 1.19. The second-order valence-corrected chi connectivity index (χ2v) is 4.34. The number of aromatic nitrogens is 1. The van der Waals surface area contributed by atoms with E-state index in [0.717, 1.165) is 11.3 Å². The second kappa shape index (κ2) is 4.56. The summed E-state index contributed by atoms with van der Waals surface area (Å²) in [4.78, 5) is 0. The lowest BCUT2D eigenvalue weighted by atomic mass is 10.1. The lowest BCUT2D eigenvalue weighted by Crippen LogP contribution is -1.76. The number of alkyl halides is 1. The molecule has 0 radical (unpaired) electrons. The summed E-state index contributed by atoms with van der Waals surface area (Å²) in [5.74, 6) is 0.622. The predicted octanol–water partition coefficient (Wildman–Crippen LogP) is 4.54. The zero-order valence-corrected chi connectivity index (χ0v) is 10.6. The van der Waals surface area contributed by atoms with Crippen molar-refractivity contribution in [2.24, 2.45) is 0 Å². The Balaban J connectivity index is 2.48. The van der Waals surface area contributed by atoms with E-state index in [4.69, 9.17) is 27.7 Å². The second-order valence-electron chi connectivity index (χ2n) is 2.94. The molecule has 5 heteroatoms. The van der Waals surface area contributed by atoms with E-state index in [1.807, 2.05) is 6.07 Å². The van der Waals surface area contributed by atoms with Crippen LogP contribution >= 0.6 is 39.1 Å². The van der Waals surface area contributed by atoms with Gasteiger partial charge in [0.15, 0.2) is 5.76 Å². The Bertz CT molecular complexity index is 484.